The standard InChI is InChI=1S/C7H9FN2.2C2H6/c1-5-2-3-7(10-9)6(8)4-5;2*1-2/h2-4,10H,9H2,1H3;2*1-2H3. The topological polar surface area (TPSA) is 38.0 Å². The number of hydrogen-bond donors (Lipinski definition) is 2. The first-order valence-electron chi connectivity index (χ1n) is 4.97. The minimum Gasteiger partial charge on any atom is -0.321 e. The van der Waals surface area contributed by atoms with Crippen LogP contribution in [0.25, 0.3) is 0 Å². The molecule has 82 valence electrons. The molecule has 0 spiro atoms. The van der Waals surface area contributed by atoms with Crippen LogP contribution in [0.5, 0.6) is 0 Å². The van der Waals surface area contributed by atoms with Crippen LogP contribution >= 0.6 is 0 Å². The highest BCUT2D eigenvalue weighted by atomic mass is 19.1. The van der Waals surface area contributed by atoms with Crippen molar-refractivity contribution in [3.8, 4) is 0 Å². The third-order valence-corrected chi connectivity index (χ3v) is 1.28. The summed E-state index contributed by atoms with van der Waals surface area (Å²) in [6.07, 6.45) is 0. The van der Waals surface area contributed by atoms with Gasteiger partial charge in [-0.15, -0.1) is 0 Å². The first-order valence-corrected chi connectivity index (χ1v) is 4.97. The van der Waals surface area contributed by atoms with E-state index in [4.69, 9.17) is 5.84 Å². The number of anilines is 1. The molecule has 0 heterocycles. The molecule has 0 saturated heterocycles. The number of hydrazine groups is 1. The van der Waals surface area contributed by atoms with Gasteiger partial charge in [-0.05, 0) is 24.6 Å². The first kappa shape index (κ1) is 15.4. The van der Waals surface area contributed by atoms with Gasteiger partial charge >= 0.3 is 0 Å². The number of nitrogens with one attached hydrogen (secondary N) is 1. The molecule has 0 unspecified atom stereocenters. The Labute approximate surface area is 86.3 Å². The molecular weight excluding hydrogens is 179 g/mol. The third-order valence-electron chi connectivity index (χ3n) is 1.28. The van der Waals surface area contributed by atoms with Crippen molar-refractivity contribution in [2.45, 2.75) is 34.6 Å². The lowest BCUT2D eigenvalue weighted by atomic mass is 10.2. The van der Waals surface area contributed by atoms with E-state index in [2.05, 4.69) is 5.43 Å². The Kier molecular flexibility index (Phi) is 11.0. The minimum absolute atomic E-state index is 0.317. The molecule has 0 saturated carbocycles. The van der Waals surface area contributed by atoms with Crippen molar-refractivity contribution in [2.75, 3.05) is 5.43 Å². The van der Waals surface area contributed by atoms with Crippen molar-refractivity contribution in [3.63, 3.8) is 0 Å². The molecule has 0 aliphatic rings. The van der Waals surface area contributed by atoms with Crippen LogP contribution in [0.2, 0.25) is 0 Å². The van der Waals surface area contributed by atoms with Gasteiger partial charge in [-0.25, -0.2) is 4.39 Å². The Morgan fingerprint density at radius 3 is 2.00 bits per heavy atom. The Morgan fingerprint density at radius 2 is 1.64 bits per heavy atom. The Bertz CT molecular complexity index is 237. The lowest BCUT2D eigenvalue weighted by molar-refractivity contribution is 0.629. The molecule has 1 aromatic carbocycles. The van der Waals surface area contributed by atoms with Gasteiger partial charge in [0.2, 0.25) is 0 Å². The summed E-state index contributed by atoms with van der Waals surface area (Å²) >= 11 is 0. The van der Waals surface area contributed by atoms with Crippen molar-refractivity contribution in [1.82, 2.24) is 0 Å². The molecule has 2 nitrogen and oxygen atoms in total. The van der Waals surface area contributed by atoms with Gasteiger partial charge < -0.3 is 5.43 Å². The number of nitrogen functional groups attached to an aromatic ring is 1. The van der Waals surface area contributed by atoms with Crippen molar-refractivity contribution in [3.05, 3.63) is 29.6 Å². The molecule has 0 aromatic heterocycles. The van der Waals surface area contributed by atoms with E-state index in [-0.39, 0.29) is 5.82 Å². The highest BCUT2D eigenvalue weighted by Crippen LogP contribution is 2.12. The summed E-state index contributed by atoms with van der Waals surface area (Å²) in [5, 5.41) is 0. The van der Waals surface area contributed by atoms with Crippen LogP contribution in [0.1, 0.15) is 33.3 Å². The molecule has 0 fully saturated rings. The summed E-state index contributed by atoms with van der Waals surface area (Å²) in [6.45, 7) is 9.82. The number of halogens is 1. The van der Waals surface area contributed by atoms with Gasteiger partial charge in [0.15, 0.2) is 0 Å². The summed E-state index contributed by atoms with van der Waals surface area (Å²) in [5.41, 5.74) is 3.46. The number of rotatable bonds is 1. The fourth-order valence-corrected chi connectivity index (χ4v) is 0.737. The van der Waals surface area contributed by atoms with Crippen molar-refractivity contribution in [2.24, 2.45) is 5.84 Å². The van der Waals surface area contributed by atoms with E-state index < -0.39 is 0 Å². The highest BCUT2D eigenvalue weighted by Gasteiger charge is 1.97. The molecule has 3 N–H and O–H groups in total. The van der Waals surface area contributed by atoms with Gasteiger partial charge in [-0.1, -0.05) is 33.8 Å². The maximum Gasteiger partial charge on any atom is 0.147 e. The maximum absolute atomic E-state index is 12.7. The predicted molar refractivity (Wildman–Crippen MR) is 61.6 cm³/mol. The lowest BCUT2D eigenvalue weighted by Gasteiger charge is -2.00. The van der Waals surface area contributed by atoms with Gasteiger partial charge in [0.1, 0.15) is 5.82 Å². The van der Waals surface area contributed by atoms with Crippen molar-refractivity contribution >= 4 is 5.69 Å². The van der Waals surface area contributed by atoms with Gasteiger partial charge in [-0.3, -0.25) is 5.84 Å². The van der Waals surface area contributed by atoms with E-state index in [1.807, 2.05) is 34.6 Å². The number of benzene rings is 1. The van der Waals surface area contributed by atoms with Gasteiger partial charge in [0.25, 0.3) is 0 Å². The van der Waals surface area contributed by atoms with Gasteiger partial charge in [0, 0.05) is 0 Å². The molecule has 0 radical (unpaired) electrons. The molecule has 0 bridgehead atoms. The molecule has 1 rings (SSSR count). The third kappa shape index (κ3) is 5.54. The van der Waals surface area contributed by atoms with E-state index in [1.165, 1.54) is 6.07 Å². The molecular formula is C11H21FN2. The van der Waals surface area contributed by atoms with E-state index in [0.717, 1.165) is 5.56 Å². The van der Waals surface area contributed by atoms with Crippen LogP contribution in [0.15, 0.2) is 18.2 Å². The summed E-state index contributed by atoms with van der Waals surface area (Å²) in [5.74, 6) is 4.69. The summed E-state index contributed by atoms with van der Waals surface area (Å²) < 4.78 is 12.7. The summed E-state index contributed by atoms with van der Waals surface area (Å²) in [7, 11) is 0. The van der Waals surface area contributed by atoms with E-state index in [0.29, 0.717) is 5.69 Å². The van der Waals surface area contributed by atoms with Crippen molar-refractivity contribution < 1.29 is 4.39 Å². The van der Waals surface area contributed by atoms with Crippen LogP contribution in [0, 0.1) is 12.7 Å². The Morgan fingerprint density at radius 1 is 1.14 bits per heavy atom. The second-order valence-electron chi connectivity index (χ2n) is 2.13. The van der Waals surface area contributed by atoms with E-state index >= 15 is 0 Å². The number of hydrogen-bond acceptors (Lipinski definition) is 2. The zero-order valence-electron chi connectivity index (χ0n) is 9.69. The van der Waals surface area contributed by atoms with E-state index in [1.54, 1.807) is 12.1 Å². The quantitative estimate of drug-likeness (QED) is 0.538. The molecule has 14 heavy (non-hydrogen) atoms. The Balaban J connectivity index is 0. The van der Waals surface area contributed by atoms with Crippen LogP contribution in [0.4, 0.5) is 10.1 Å². The fraction of sp³-hybridized carbons (Fsp3) is 0.455. The normalized spacial score (nSPS) is 7.64. The van der Waals surface area contributed by atoms with Crippen LogP contribution in [-0.4, -0.2) is 0 Å². The molecule has 0 aliphatic heterocycles. The minimum atomic E-state index is -0.317. The number of nitrogens with two attached hydrogens (primary N) is 1. The highest BCUT2D eigenvalue weighted by molar-refractivity contribution is 5.44. The Hall–Kier alpha value is -1.09. The zero-order valence-corrected chi connectivity index (χ0v) is 9.69. The van der Waals surface area contributed by atoms with Crippen LogP contribution in [0.3, 0.4) is 0 Å². The van der Waals surface area contributed by atoms with E-state index in [9.17, 15) is 4.39 Å². The second kappa shape index (κ2) is 9.99. The largest absolute Gasteiger partial charge is 0.321 e. The molecule has 3 heteroatoms. The summed E-state index contributed by atoms with van der Waals surface area (Å²) in [6, 6.07) is 4.82. The average Bonchev–Trinajstić information content (AvgIpc) is 2.24. The van der Waals surface area contributed by atoms with Gasteiger partial charge in [0.05, 0.1) is 5.69 Å². The SMILES string of the molecule is CC.CC.Cc1ccc(NN)c(F)c1. The maximum atomic E-state index is 12.7. The smallest absolute Gasteiger partial charge is 0.147 e. The molecule has 1 aromatic rings. The fourth-order valence-electron chi connectivity index (χ4n) is 0.737. The average molecular weight is 200 g/mol. The molecule has 0 atom stereocenters. The molecule has 0 aliphatic carbocycles. The zero-order chi connectivity index (χ0) is 11.6. The predicted octanol–water partition coefficient (Wildman–Crippen LogP) is 3.47. The second-order valence-corrected chi connectivity index (χ2v) is 2.13. The summed E-state index contributed by atoms with van der Waals surface area (Å²) in [4.78, 5) is 0. The lowest BCUT2D eigenvalue weighted by Crippen LogP contribution is -2.08. The van der Waals surface area contributed by atoms with Crippen molar-refractivity contribution in [1.29, 1.82) is 0 Å². The first-order chi connectivity index (χ1) is 6.74. The van der Waals surface area contributed by atoms with Gasteiger partial charge in [-0.2, -0.15) is 0 Å². The molecule has 0 amide bonds. The number of aryl methyl sites for hydroxylation is 1. The van der Waals surface area contributed by atoms with Crippen LogP contribution in [-0.2, 0) is 0 Å². The monoisotopic (exact) mass is 200 g/mol. The van der Waals surface area contributed by atoms with Crippen LogP contribution < -0.4 is 11.3 Å².